The first-order chi connectivity index (χ1) is 8.16. The Hall–Kier alpha value is -1.21. The van der Waals surface area contributed by atoms with Gasteiger partial charge in [-0.25, -0.2) is 0 Å². The number of nitrogens with zero attached hydrogens (tertiary/aromatic N) is 3. The largest absolute Gasteiger partial charge is 0.341 e. The fourth-order valence-corrected chi connectivity index (χ4v) is 2.35. The Morgan fingerprint density at radius 3 is 2.65 bits per heavy atom. The molecule has 2 amide bonds. The standard InChI is InChI=1S/C9H11ClN4O2S/c10-9-13-12-8(17-9)7(16)11-5-6(15)14-3-1-2-4-14/h1-5H2,(H,11,16). The Labute approximate surface area is 107 Å². The lowest BCUT2D eigenvalue weighted by atomic mass is 10.4. The zero-order valence-corrected chi connectivity index (χ0v) is 10.6. The van der Waals surface area contributed by atoms with Gasteiger partial charge < -0.3 is 10.2 Å². The molecule has 0 radical (unpaired) electrons. The van der Waals surface area contributed by atoms with E-state index in [4.69, 9.17) is 11.6 Å². The van der Waals surface area contributed by atoms with E-state index in [-0.39, 0.29) is 21.9 Å². The Morgan fingerprint density at radius 1 is 1.35 bits per heavy atom. The van der Waals surface area contributed by atoms with Crippen LogP contribution in [0.3, 0.4) is 0 Å². The van der Waals surface area contributed by atoms with Gasteiger partial charge in [0.25, 0.3) is 5.91 Å². The summed E-state index contributed by atoms with van der Waals surface area (Å²) in [5.74, 6) is -0.478. The summed E-state index contributed by atoms with van der Waals surface area (Å²) in [4.78, 5) is 24.9. The summed E-state index contributed by atoms with van der Waals surface area (Å²) in [6, 6.07) is 0. The number of carbonyl (C=O) groups is 2. The molecule has 1 saturated heterocycles. The maximum Gasteiger partial charge on any atom is 0.282 e. The lowest BCUT2D eigenvalue weighted by molar-refractivity contribution is -0.129. The Kier molecular flexibility index (Phi) is 3.90. The third kappa shape index (κ3) is 3.13. The number of carbonyl (C=O) groups excluding carboxylic acids is 2. The fourth-order valence-electron chi connectivity index (χ4n) is 1.61. The summed E-state index contributed by atoms with van der Waals surface area (Å²) in [5.41, 5.74) is 0. The van der Waals surface area contributed by atoms with E-state index in [1.54, 1.807) is 4.90 Å². The second-order valence-electron chi connectivity index (χ2n) is 3.63. The number of rotatable bonds is 3. The molecule has 0 spiro atoms. The first-order valence-electron chi connectivity index (χ1n) is 5.22. The number of hydrogen-bond donors (Lipinski definition) is 1. The molecule has 1 N–H and O–H groups in total. The van der Waals surface area contributed by atoms with Gasteiger partial charge in [-0.1, -0.05) is 11.3 Å². The summed E-state index contributed by atoms with van der Waals surface area (Å²) in [6.45, 7) is 1.55. The van der Waals surface area contributed by atoms with Crippen LogP contribution in [0, 0.1) is 0 Å². The zero-order valence-electron chi connectivity index (χ0n) is 8.98. The molecule has 1 aliphatic rings. The Morgan fingerprint density at radius 2 is 2.06 bits per heavy atom. The number of likely N-dealkylation sites (tertiary alicyclic amines) is 1. The summed E-state index contributed by atoms with van der Waals surface area (Å²) in [7, 11) is 0. The van der Waals surface area contributed by atoms with Crippen molar-refractivity contribution >= 4 is 34.8 Å². The number of nitrogens with one attached hydrogen (secondary N) is 1. The first kappa shape index (κ1) is 12.3. The van der Waals surface area contributed by atoms with Crippen LogP contribution in [0.2, 0.25) is 4.47 Å². The van der Waals surface area contributed by atoms with Crippen LogP contribution < -0.4 is 5.32 Å². The maximum absolute atomic E-state index is 11.6. The number of aromatic nitrogens is 2. The maximum atomic E-state index is 11.6. The van der Waals surface area contributed by atoms with Crippen molar-refractivity contribution in [1.29, 1.82) is 0 Å². The average Bonchev–Trinajstić information content (AvgIpc) is 2.95. The monoisotopic (exact) mass is 274 g/mol. The van der Waals surface area contributed by atoms with E-state index < -0.39 is 5.91 Å². The molecule has 1 aliphatic heterocycles. The molecule has 0 atom stereocenters. The highest BCUT2D eigenvalue weighted by atomic mass is 35.5. The van der Waals surface area contributed by atoms with Gasteiger partial charge in [0.1, 0.15) is 0 Å². The van der Waals surface area contributed by atoms with Crippen LogP contribution in [-0.4, -0.2) is 46.5 Å². The van der Waals surface area contributed by atoms with Crippen LogP contribution in [0.4, 0.5) is 0 Å². The van der Waals surface area contributed by atoms with Crippen LogP contribution in [0.5, 0.6) is 0 Å². The van der Waals surface area contributed by atoms with Crippen molar-refractivity contribution < 1.29 is 9.59 Å². The van der Waals surface area contributed by atoms with Gasteiger partial charge in [-0.05, 0) is 24.4 Å². The molecule has 2 heterocycles. The van der Waals surface area contributed by atoms with E-state index in [1.165, 1.54) is 0 Å². The first-order valence-corrected chi connectivity index (χ1v) is 6.41. The van der Waals surface area contributed by atoms with Gasteiger partial charge in [0.2, 0.25) is 15.4 Å². The van der Waals surface area contributed by atoms with E-state index in [2.05, 4.69) is 15.5 Å². The smallest absolute Gasteiger partial charge is 0.282 e. The van der Waals surface area contributed by atoms with E-state index in [1.807, 2.05) is 0 Å². The van der Waals surface area contributed by atoms with Gasteiger partial charge in [0.05, 0.1) is 6.54 Å². The molecule has 92 valence electrons. The minimum Gasteiger partial charge on any atom is -0.341 e. The second-order valence-corrected chi connectivity index (χ2v) is 5.19. The average molecular weight is 275 g/mol. The lowest BCUT2D eigenvalue weighted by Crippen LogP contribution is -2.38. The molecule has 17 heavy (non-hydrogen) atoms. The molecule has 2 rings (SSSR count). The van der Waals surface area contributed by atoms with E-state index in [0.29, 0.717) is 0 Å². The molecule has 0 saturated carbocycles. The van der Waals surface area contributed by atoms with Gasteiger partial charge in [-0.3, -0.25) is 9.59 Å². The topological polar surface area (TPSA) is 75.2 Å². The molecule has 0 aromatic carbocycles. The molecule has 8 heteroatoms. The van der Waals surface area contributed by atoms with Crippen molar-refractivity contribution in [2.45, 2.75) is 12.8 Å². The van der Waals surface area contributed by atoms with Gasteiger partial charge in [-0.15, -0.1) is 10.2 Å². The molecule has 6 nitrogen and oxygen atoms in total. The third-order valence-corrected chi connectivity index (χ3v) is 3.47. The fraction of sp³-hybridized carbons (Fsp3) is 0.556. The van der Waals surface area contributed by atoms with Crippen LogP contribution >= 0.6 is 22.9 Å². The SMILES string of the molecule is O=C(NCC(=O)N1CCCC1)c1nnc(Cl)s1. The quantitative estimate of drug-likeness (QED) is 0.873. The second kappa shape index (κ2) is 5.42. The van der Waals surface area contributed by atoms with E-state index >= 15 is 0 Å². The van der Waals surface area contributed by atoms with E-state index in [9.17, 15) is 9.59 Å². The van der Waals surface area contributed by atoms with Crippen molar-refractivity contribution in [2.75, 3.05) is 19.6 Å². The van der Waals surface area contributed by atoms with Crippen molar-refractivity contribution in [2.24, 2.45) is 0 Å². The summed E-state index contributed by atoms with van der Waals surface area (Å²) in [5, 5.41) is 9.79. The van der Waals surface area contributed by atoms with Crippen molar-refractivity contribution in [3.8, 4) is 0 Å². The van der Waals surface area contributed by atoms with Gasteiger partial charge in [0, 0.05) is 13.1 Å². The predicted molar refractivity (Wildman–Crippen MR) is 63.1 cm³/mol. The molecule has 1 aromatic rings. The Balaban J connectivity index is 1.81. The van der Waals surface area contributed by atoms with Crippen LogP contribution in [-0.2, 0) is 4.79 Å². The highest BCUT2D eigenvalue weighted by Gasteiger charge is 2.19. The molecule has 0 bridgehead atoms. The molecule has 1 fully saturated rings. The van der Waals surface area contributed by atoms with Crippen LogP contribution in [0.1, 0.15) is 22.6 Å². The highest BCUT2D eigenvalue weighted by molar-refractivity contribution is 7.17. The number of amides is 2. The van der Waals surface area contributed by atoms with Gasteiger partial charge >= 0.3 is 0 Å². The predicted octanol–water partition coefficient (Wildman–Crippen LogP) is 0.544. The van der Waals surface area contributed by atoms with Gasteiger partial charge in [-0.2, -0.15) is 0 Å². The highest BCUT2D eigenvalue weighted by Crippen LogP contribution is 2.14. The molecular formula is C9H11ClN4O2S. The minimum atomic E-state index is -0.415. The Bertz CT molecular complexity index is 430. The summed E-state index contributed by atoms with van der Waals surface area (Å²) >= 11 is 6.55. The number of hydrogen-bond acceptors (Lipinski definition) is 5. The zero-order chi connectivity index (χ0) is 12.3. The summed E-state index contributed by atoms with van der Waals surface area (Å²) in [6.07, 6.45) is 2.07. The van der Waals surface area contributed by atoms with Crippen LogP contribution in [0.15, 0.2) is 0 Å². The molecule has 0 aliphatic carbocycles. The molecular weight excluding hydrogens is 264 g/mol. The minimum absolute atomic E-state index is 0.00394. The molecule has 0 unspecified atom stereocenters. The molecule has 1 aromatic heterocycles. The van der Waals surface area contributed by atoms with Gasteiger partial charge in [0.15, 0.2) is 0 Å². The third-order valence-electron chi connectivity index (χ3n) is 2.45. The lowest BCUT2D eigenvalue weighted by Gasteiger charge is -2.14. The van der Waals surface area contributed by atoms with Crippen molar-refractivity contribution in [3.05, 3.63) is 9.47 Å². The van der Waals surface area contributed by atoms with Crippen molar-refractivity contribution in [3.63, 3.8) is 0 Å². The number of halogens is 1. The summed E-state index contributed by atoms with van der Waals surface area (Å²) < 4.78 is 0.209. The van der Waals surface area contributed by atoms with Crippen molar-refractivity contribution in [1.82, 2.24) is 20.4 Å². The van der Waals surface area contributed by atoms with E-state index in [0.717, 1.165) is 37.3 Å². The normalized spacial score (nSPS) is 15.0. The van der Waals surface area contributed by atoms with Crippen LogP contribution in [0.25, 0.3) is 0 Å².